The number of benzene rings is 2. The molecule has 0 saturated carbocycles. The lowest BCUT2D eigenvalue weighted by atomic mass is 9.97. The Balaban J connectivity index is 1.58. The average Bonchev–Trinajstić information content (AvgIpc) is 3.50. The third-order valence-corrected chi connectivity index (χ3v) is 10.1. The predicted molar refractivity (Wildman–Crippen MR) is 162 cm³/mol. The zero-order valence-corrected chi connectivity index (χ0v) is 25.4. The van der Waals surface area contributed by atoms with Crippen molar-refractivity contribution in [3.63, 3.8) is 0 Å². The summed E-state index contributed by atoms with van der Waals surface area (Å²) in [5.41, 5.74) is 3.69. The number of halogens is 2. The quantitative estimate of drug-likeness (QED) is 0.297. The van der Waals surface area contributed by atoms with Crippen LogP contribution in [0.5, 0.6) is 11.5 Å². The normalized spacial score (nSPS) is 19.3. The number of ether oxygens (including phenoxy) is 2. The summed E-state index contributed by atoms with van der Waals surface area (Å²) in [5.74, 6) is 5.47. The van der Waals surface area contributed by atoms with E-state index in [0.29, 0.717) is 62.1 Å². The van der Waals surface area contributed by atoms with Crippen molar-refractivity contribution in [3.05, 3.63) is 63.9 Å². The van der Waals surface area contributed by atoms with Gasteiger partial charge in [-0.2, -0.15) is 10.2 Å². The van der Waals surface area contributed by atoms with Crippen LogP contribution in [0.3, 0.4) is 0 Å². The number of hydrogen-bond donors (Lipinski definition) is 0. The van der Waals surface area contributed by atoms with Gasteiger partial charge in [-0.15, -0.1) is 0 Å². The van der Waals surface area contributed by atoms with Gasteiger partial charge in [0.1, 0.15) is 18.1 Å². The molecular weight excluding hydrogens is 585 g/mol. The molecule has 214 valence electrons. The van der Waals surface area contributed by atoms with Gasteiger partial charge in [0.25, 0.3) is 5.91 Å². The van der Waals surface area contributed by atoms with Crippen molar-refractivity contribution in [2.75, 3.05) is 25.2 Å². The standard InChI is InChI=1S/C29H29Cl2N5O4S/c1-29(2)16-41(5,38)9-8-35(29)28(37)26-22-15-40-25-14-24(39-4)20(23-6-7-34(3)32-23)13-21(25)27(22)36(33-26)19-11-17(30)10-18(31)12-19/h6-7,10-14H,5,8-9,15-16H2,1-4H3. The molecule has 4 heterocycles. The molecule has 4 aromatic rings. The Hall–Kier alpha value is -3.47. The topological polar surface area (TPSA) is 91.5 Å². The van der Waals surface area contributed by atoms with Crippen molar-refractivity contribution in [1.82, 2.24) is 24.5 Å². The lowest BCUT2D eigenvalue weighted by molar-refractivity contribution is 0.0584. The fraction of sp³-hybridized carbons (Fsp3) is 0.310. The van der Waals surface area contributed by atoms with Gasteiger partial charge >= 0.3 is 0 Å². The highest BCUT2D eigenvalue weighted by Gasteiger charge is 2.41. The summed E-state index contributed by atoms with van der Waals surface area (Å²) in [7, 11) is 1.17. The number of hydrogen-bond acceptors (Lipinski definition) is 6. The zero-order chi connectivity index (χ0) is 29.3. The Morgan fingerprint density at radius 2 is 1.85 bits per heavy atom. The molecule has 1 atom stereocenters. The van der Waals surface area contributed by atoms with Gasteiger partial charge in [-0.05, 0) is 59.6 Å². The number of carbonyl (C=O) groups is 1. The molecule has 9 nitrogen and oxygen atoms in total. The van der Waals surface area contributed by atoms with Crippen molar-refractivity contribution in [2.45, 2.75) is 26.0 Å². The summed E-state index contributed by atoms with van der Waals surface area (Å²) in [6.45, 7) is 4.25. The van der Waals surface area contributed by atoms with Crippen LogP contribution in [0.25, 0.3) is 28.2 Å². The minimum absolute atomic E-state index is 0.115. The Bertz CT molecular complexity index is 1810. The number of methoxy groups -OCH3 is 1. The van der Waals surface area contributed by atoms with Crippen LogP contribution >= 0.6 is 23.2 Å². The van der Waals surface area contributed by atoms with E-state index in [-0.39, 0.29) is 18.2 Å². The maximum Gasteiger partial charge on any atom is 0.275 e. The van der Waals surface area contributed by atoms with E-state index >= 15 is 0 Å². The molecular formula is C29H29Cl2N5O4S. The fourth-order valence-corrected chi connectivity index (χ4v) is 8.30. The van der Waals surface area contributed by atoms with Crippen molar-refractivity contribution >= 4 is 44.5 Å². The molecule has 0 aliphatic carbocycles. The molecule has 0 radical (unpaired) electrons. The Labute approximate surface area is 248 Å². The lowest BCUT2D eigenvalue weighted by Crippen LogP contribution is -2.57. The van der Waals surface area contributed by atoms with E-state index < -0.39 is 15.1 Å². The van der Waals surface area contributed by atoms with Gasteiger partial charge < -0.3 is 14.4 Å². The zero-order valence-electron chi connectivity index (χ0n) is 23.1. The summed E-state index contributed by atoms with van der Waals surface area (Å²) < 4.78 is 28.1. The summed E-state index contributed by atoms with van der Waals surface area (Å²) in [6, 6.07) is 10.8. The van der Waals surface area contributed by atoms with E-state index in [9.17, 15) is 9.00 Å². The molecule has 2 aromatic carbocycles. The lowest BCUT2D eigenvalue weighted by Gasteiger charge is -2.43. The highest BCUT2D eigenvalue weighted by Crippen LogP contribution is 2.46. The first-order valence-electron chi connectivity index (χ1n) is 12.9. The van der Waals surface area contributed by atoms with Gasteiger partial charge in [0.2, 0.25) is 0 Å². The third kappa shape index (κ3) is 4.87. The predicted octanol–water partition coefficient (Wildman–Crippen LogP) is 5.10. The second-order valence-corrected chi connectivity index (χ2v) is 14.5. The average molecular weight is 615 g/mol. The van der Waals surface area contributed by atoms with Gasteiger partial charge in [-0.3, -0.25) is 13.7 Å². The minimum atomic E-state index is -2.27. The summed E-state index contributed by atoms with van der Waals surface area (Å²) in [5, 5.41) is 10.3. The van der Waals surface area contributed by atoms with Crippen molar-refractivity contribution in [1.29, 1.82) is 0 Å². The molecule has 2 aliphatic rings. The number of fused-ring (bicyclic) bond motifs is 3. The monoisotopic (exact) mass is 613 g/mol. The van der Waals surface area contributed by atoms with Gasteiger partial charge in [0, 0.05) is 69.6 Å². The van der Waals surface area contributed by atoms with Crippen LogP contribution in [0.15, 0.2) is 42.6 Å². The van der Waals surface area contributed by atoms with Gasteiger partial charge in [0.05, 0.1) is 24.2 Å². The molecule has 12 heteroatoms. The highest BCUT2D eigenvalue weighted by atomic mass is 35.5. The maximum absolute atomic E-state index is 14.2. The van der Waals surface area contributed by atoms with E-state index in [2.05, 4.69) is 11.0 Å². The molecule has 2 aliphatic heterocycles. The van der Waals surface area contributed by atoms with Crippen molar-refractivity contribution < 1.29 is 18.5 Å². The first kappa shape index (κ1) is 27.7. The number of nitrogens with zero attached hydrogens (tertiary/aromatic N) is 5. The van der Waals surface area contributed by atoms with Gasteiger partial charge in [-0.25, -0.2) is 4.68 Å². The molecule has 1 saturated heterocycles. The fourth-order valence-electron chi connectivity index (χ4n) is 5.69. The number of aryl methyl sites for hydroxylation is 1. The van der Waals surface area contributed by atoms with Crippen molar-refractivity contribution in [2.24, 2.45) is 7.05 Å². The Kier molecular flexibility index (Phi) is 6.63. The highest BCUT2D eigenvalue weighted by molar-refractivity contribution is 8.00. The van der Waals surface area contributed by atoms with E-state index in [1.165, 1.54) is 0 Å². The number of amides is 1. The van der Waals surface area contributed by atoms with Gasteiger partial charge in [-0.1, -0.05) is 23.2 Å². The maximum atomic E-state index is 14.2. The van der Waals surface area contributed by atoms with Crippen LogP contribution < -0.4 is 9.47 Å². The van der Waals surface area contributed by atoms with E-state index in [0.717, 1.165) is 11.3 Å². The smallest absolute Gasteiger partial charge is 0.275 e. The number of aromatic nitrogens is 4. The van der Waals surface area contributed by atoms with Gasteiger partial charge in [0.15, 0.2) is 5.69 Å². The van der Waals surface area contributed by atoms with Crippen molar-refractivity contribution in [3.8, 4) is 39.7 Å². The van der Waals surface area contributed by atoms with E-state index in [1.807, 2.05) is 45.3 Å². The third-order valence-electron chi connectivity index (χ3n) is 7.48. The largest absolute Gasteiger partial charge is 0.496 e. The number of carbonyl (C=O) groups excluding carboxylic acids is 1. The molecule has 41 heavy (non-hydrogen) atoms. The number of rotatable bonds is 4. The molecule has 2 aromatic heterocycles. The Morgan fingerprint density at radius 1 is 1.12 bits per heavy atom. The molecule has 1 amide bonds. The SMILES string of the molecule is C=S1(=O)CCN(C(=O)c2nn(-c3cc(Cl)cc(Cl)c3)c3c2COc2cc(OC)c(-c4ccn(C)n4)cc2-3)C(C)(C)C1. The molecule has 6 rings (SSSR count). The van der Waals surface area contributed by atoms with Crippen LogP contribution in [0, 0.1) is 0 Å². The van der Waals surface area contributed by atoms with Crippen LogP contribution in [-0.2, 0) is 23.2 Å². The van der Waals surface area contributed by atoms with Crippen LogP contribution in [0.4, 0.5) is 0 Å². The first-order chi connectivity index (χ1) is 19.4. The summed E-state index contributed by atoms with van der Waals surface area (Å²) in [6.07, 6.45) is 1.86. The van der Waals surface area contributed by atoms with Crippen LogP contribution in [-0.4, -0.2) is 71.1 Å². The van der Waals surface area contributed by atoms with Crippen LogP contribution in [0.2, 0.25) is 10.0 Å². The summed E-state index contributed by atoms with van der Waals surface area (Å²) >= 11 is 12.8. The second-order valence-electron chi connectivity index (χ2n) is 11.0. The molecule has 0 N–H and O–H groups in total. The second kappa shape index (κ2) is 9.82. The van der Waals surface area contributed by atoms with E-state index in [1.54, 1.807) is 39.6 Å². The molecule has 1 fully saturated rings. The molecule has 0 bridgehead atoms. The minimum Gasteiger partial charge on any atom is -0.496 e. The first-order valence-corrected chi connectivity index (χ1v) is 15.8. The van der Waals surface area contributed by atoms with Crippen LogP contribution in [0.1, 0.15) is 29.9 Å². The van der Waals surface area contributed by atoms with E-state index in [4.69, 9.17) is 37.8 Å². The summed E-state index contributed by atoms with van der Waals surface area (Å²) in [4.78, 5) is 15.9. The molecule has 0 spiro atoms. The molecule has 1 unspecified atom stereocenters. The Morgan fingerprint density at radius 3 is 2.49 bits per heavy atom.